The fraction of sp³-hybridized carbons (Fsp3) is 0.0667. The maximum atomic E-state index is 12.3. The molecule has 0 N–H and O–H groups in total. The lowest BCUT2D eigenvalue weighted by Gasteiger charge is -2.02. The molecule has 0 fully saturated rings. The summed E-state index contributed by atoms with van der Waals surface area (Å²) in [6.07, 6.45) is 1.89. The monoisotopic (exact) mass is 268 g/mol. The zero-order chi connectivity index (χ0) is 13.2. The first-order chi connectivity index (χ1) is 9.25. The molecule has 0 unspecified atom stereocenters. The highest BCUT2D eigenvalue weighted by atomic mass is 32.1. The summed E-state index contributed by atoms with van der Waals surface area (Å²) in [5, 5.41) is 3.91. The van der Waals surface area contributed by atoms with Gasteiger partial charge in [-0.2, -0.15) is 4.99 Å². The summed E-state index contributed by atoms with van der Waals surface area (Å²) in [5.41, 5.74) is 0.645. The lowest BCUT2D eigenvalue weighted by atomic mass is 10.0. The number of hydrogen-bond acceptors (Lipinski definition) is 2. The molecule has 0 saturated heterocycles. The summed E-state index contributed by atoms with van der Waals surface area (Å²) >= 11 is 1.45. The molecule has 3 rings (SSSR count). The lowest BCUT2D eigenvalue weighted by Crippen LogP contribution is -2.12. The molecule has 3 aromatic rings. The number of carbonyl (C=O) groups is 1. The second-order valence-corrected chi connectivity index (χ2v) is 5.11. The van der Waals surface area contributed by atoms with E-state index in [4.69, 9.17) is 0 Å². The average molecular weight is 268 g/mol. The van der Waals surface area contributed by atoms with Gasteiger partial charge in [0.25, 0.3) is 5.91 Å². The van der Waals surface area contributed by atoms with Crippen molar-refractivity contribution in [2.24, 2.45) is 12.0 Å². The summed E-state index contributed by atoms with van der Waals surface area (Å²) < 4.78 is 1.84. The Morgan fingerprint density at radius 1 is 1.16 bits per heavy atom. The number of thiazole rings is 1. The molecule has 94 valence electrons. The van der Waals surface area contributed by atoms with Crippen LogP contribution in [0.25, 0.3) is 10.8 Å². The molecule has 19 heavy (non-hydrogen) atoms. The molecule has 0 spiro atoms. The van der Waals surface area contributed by atoms with Crippen molar-refractivity contribution >= 4 is 28.0 Å². The molecule has 0 saturated carbocycles. The lowest BCUT2D eigenvalue weighted by molar-refractivity contribution is 0.0999. The van der Waals surface area contributed by atoms with Gasteiger partial charge in [0, 0.05) is 24.2 Å². The van der Waals surface area contributed by atoms with Gasteiger partial charge < -0.3 is 4.57 Å². The zero-order valence-corrected chi connectivity index (χ0v) is 11.2. The number of rotatable bonds is 1. The van der Waals surface area contributed by atoms with Gasteiger partial charge in [0.1, 0.15) is 0 Å². The Morgan fingerprint density at radius 3 is 2.74 bits per heavy atom. The molecule has 0 bridgehead atoms. The number of benzene rings is 2. The largest absolute Gasteiger partial charge is 0.327 e. The SMILES string of the molecule is Cn1ccsc1=NC(=O)c1cccc2ccccc12. The van der Waals surface area contributed by atoms with Crippen molar-refractivity contribution in [3.8, 4) is 0 Å². The third-order valence-corrected chi connectivity index (χ3v) is 3.82. The van der Waals surface area contributed by atoms with Crippen molar-refractivity contribution in [3.05, 3.63) is 64.4 Å². The normalized spacial score (nSPS) is 11.9. The zero-order valence-electron chi connectivity index (χ0n) is 10.4. The number of aryl methyl sites for hydroxylation is 1. The Hall–Kier alpha value is -2.20. The fourth-order valence-electron chi connectivity index (χ4n) is 1.99. The van der Waals surface area contributed by atoms with Crippen molar-refractivity contribution in [2.45, 2.75) is 0 Å². The highest BCUT2D eigenvalue weighted by Crippen LogP contribution is 2.19. The first-order valence-electron chi connectivity index (χ1n) is 5.92. The Morgan fingerprint density at radius 2 is 1.95 bits per heavy atom. The number of carbonyl (C=O) groups excluding carboxylic acids is 1. The molecule has 1 heterocycles. The summed E-state index contributed by atoms with van der Waals surface area (Å²) in [5.74, 6) is -0.199. The van der Waals surface area contributed by atoms with Crippen molar-refractivity contribution in [2.75, 3.05) is 0 Å². The van der Waals surface area contributed by atoms with Gasteiger partial charge >= 0.3 is 0 Å². The van der Waals surface area contributed by atoms with Gasteiger partial charge in [-0.05, 0) is 16.8 Å². The third-order valence-electron chi connectivity index (χ3n) is 2.98. The summed E-state index contributed by atoms with van der Waals surface area (Å²) in [4.78, 5) is 17.2. The molecule has 3 nitrogen and oxygen atoms in total. The molecule has 0 radical (unpaired) electrons. The predicted molar refractivity (Wildman–Crippen MR) is 77.1 cm³/mol. The van der Waals surface area contributed by atoms with Gasteiger partial charge in [0.05, 0.1) is 0 Å². The van der Waals surface area contributed by atoms with E-state index in [1.54, 1.807) is 0 Å². The average Bonchev–Trinajstić information content (AvgIpc) is 2.83. The molecule has 2 aromatic carbocycles. The van der Waals surface area contributed by atoms with Crippen LogP contribution in [0.15, 0.2) is 59.0 Å². The summed E-state index contributed by atoms with van der Waals surface area (Å²) in [7, 11) is 1.88. The second kappa shape index (κ2) is 4.82. The summed E-state index contributed by atoms with van der Waals surface area (Å²) in [6.45, 7) is 0. The molecule has 1 amide bonds. The van der Waals surface area contributed by atoms with Gasteiger partial charge in [0.2, 0.25) is 0 Å². The molecule has 0 aliphatic rings. The van der Waals surface area contributed by atoms with Crippen LogP contribution in [-0.2, 0) is 7.05 Å². The van der Waals surface area contributed by atoms with Crippen LogP contribution >= 0.6 is 11.3 Å². The van der Waals surface area contributed by atoms with Gasteiger partial charge in [0.15, 0.2) is 4.80 Å². The first-order valence-corrected chi connectivity index (χ1v) is 6.80. The predicted octanol–water partition coefficient (Wildman–Crippen LogP) is 2.98. The number of nitrogens with zero attached hydrogens (tertiary/aromatic N) is 2. The van der Waals surface area contributed by atoms with E-state index in [0.717, 1.165) is 10.8 Å². The van der Waals surface area contributed by atoms with Crippen LogP contribution in [0.2, 0.25) is 0 Å². The molecular formula is C15H12N2OS. The van der Waals surface area contributed by atoms with Crippen LogP contribution in [-0.4, -0.2) is 10.5 Å². The standard InChI is InChI=1S/C15H12N2OS/c1-17-9-10-19-15(17)16-14(18)13-8-4-6-11-5-2-3-7-12(11)13/h2-10H,1H3. The van der Waals surface area contributed by atoms with Crippen LogP contribution in [0.3, 0.4) is 0 Å². The second-order valence-electron chi connectivity index (χ2n) is 4.24. The van der Waals surface area contributed by atoms with E-state index < -0.39 is 0 Å². The minimum absolute atomic E-state index is 0.199. The fourth-order valence-corrected chi connectivity index (χ4v) is 2.72. The Kier molecular flexibility index (Phi) is 3.01. The number of amides is 1. The highest BCUT2D eigenvalue weighted by Gasteiger charge is 2.08. The summed E-state index contributed by atoms with van der Waals surface area (Å²) in [6, 6.07) is 13.6. The van der Waals surface area contributed by atoms with Gasteiger partial charge in [-0.3, -0.25) is 4.79 Å². The van der Waals surface area contributed by atoms with Gasteiger partial charge in [-0.15, -0.1) is 11.3 Å². The van der Waals surface area contributed by atoms with E-state index in [2.05, 4.69) is 4.99 Å². The maximum Gasteiger partial charge on any atom is 0.280 e. The highest BCUT2D eigenvalue weighted by molar-refractivity contribution is 7.07. The topological polar surface area (TPSA) is 34.4 Å². The molecule has 1 aromatic heterocycles. The quantitative estimate of drug-likeness (QED) is 0.668. The molecule has 0 aliphatic heterocycles. The van der Waals surface area contributed by atoms with Crippen LogP contribution in [0.4, 0.5) is 0 Å². The Balaban J connectivity index is 2.16. The van der Waals surface area contributed by atoms with Crippen LogP contribution in [0, 0.1) is 0 Å². The van der Waals surface area contributed by atoms with Gasteiger partial charge in [-0.25, -0.2) is 0 Å². The van der Waals surface area contributed by atoms with E-state index in [-0.39, 0.29) is 5.91 Å². The molecule has 4 heteroatoms. The van der Waals surface area contributed by atoms with E-state index in [0.29, 0.717) is 10.4 Å². The number of hydrogen-bond donors (Lipinski definition) is 0. The van der Waals surface area contributed by atoms with E-state index in [1.165, 1.54) is 11.3 Å². The minimum atomic E-state index is -0.199. The third kappa shape index (κ3) is 2.22. The van der Waals surface area contributed by atoms with Crippen molar-refractivity contribution in [1.29, 1.82) is 0 Å². The Bertz CT molecular complexity index is 809. The van der Waals surface area contributed by atoms with E-state index in [9.17, 15) is 4.79 Å². The molecular weight excluding hydrogens is 256 g/mol. The van der Waals surface area contributed by atoms with E-state index in [1.807, 2.05) is 65.7 Å². The first kappa shape index (κ1) is 11.9. The van der Waals surface area contributed by atoms with Crippen LogP contribution in [0.5, 0.6) is 0 Å². The molecule has 0 aliphatic carbocycles. The molecule has 0 atom stereocenters. The smallest absolute Gasteiger partial charge is 0.280 e. The Labute approximate surface area is 114 Å². The van der Waals surface area contributed by atoms with Crippen molar-refractivity contribution in [1.82, 2.24) is 4.57 Å². The van der Waals surface area contributed by atoms with E-state index >= 15 is 0 Å². The van der Waals surface area contributed by atoms with Crippen molar-refractivity contribution in [3.63, 3.8) is 0 Å². The maximum absolute atomic E-state index is 12.3. The van der Waals surface area contributed by atoms with Crippen molar-refractivity contribution < 1.29 is 4.79 Å². The number of fused-ring (bicyclic) bond motifs is 1. The van der Waals surface area contributed by atoms with Crippen LogP contribution < -0.4 is 4.80 Å². The number of aromatic nitrogens is 1. The van der Waals surface area contributed by atoms with Crippen LogP contribution in [0.1, 0.15) is 10.4 Å². The minimum Gasteiger partial charge on any atom is -0.327 e. The van der Waals surface area contributed by atoms with Gasteiger partial charge in [-0.1, -0.05) is 36.4 Å².